The summed E-state index contributed by atoms with van der Waals surface area (Å²) in [5.41, 5.74) is -0.437. The van der Waals surface area contributed by atoms with Gasteiger partial charge < -0.3 is 4.74 Å². The van der Waals surface area contributed by atoms with Gasteiger partial charge in [-0.15, -0.1) is 0 Å². The van der Waals surface area contributed by atoms with Crippen LogP contribution >= 0.6 is 0 Å². The third-order valence-corrected chi connectivity index (χ3v) is 0.619. The number of rotatable bonds is 1. The summed E-state index contributed by atoms with van der Waals surface area (Å²) >= 11 is 0. The zero-order valence-corrected chi connectivity index (χ0v) is 6.60. The number of alkyl carbamates (subject to hydrolysis) is 1. The van der Waals surface area contributed by atoms with Crippen molar-refractivity contribution in [2.45, 2.75) is 26.4 Å². The van der Waals surface area contributed by atoms with Crippen LogP contribution in [0.3, 0.4) is 0 Å². The topological polar surface area (TPSA) is 38.3 Å². The molecule has 0 aliphatic rings. The van der Waals surface area contributed by atoms with Gasteiger partial charge in [0.1, 0.15) is 5.60 Å². The monoisotopic (exact) mass is 143 g/mol. The molecule has 1 N–H and O–H groups in total. The summed E-state index contributed by atoms with van der Waals surface area (Å²) in [4.78, 5) is 10.7. The van der Waals surface area contributed by atoms with Gasteiger partial charge in [0.15, 0.2) is 0 Å². The van der Waals surface area contributed by atoms with E-state index in [0.717, 1.165) is 0 Å². The second kappa shape index (κ2) is 3.25. The van der Waals surface area contributed by atoms with Gasteiger partial charge in [-0.3, -0.25) is 5.32 Å². The van der Waals surface area contributed by atoms with E-state index in [1.807, 2.05) is 0 Å². The van der Waals surface area contributed by atoms with Gasteiger partial charge in [-0.25, -0.2) is 4.79 Å². The SMILES string of the molecule is C=CNC(=O)OC(C)(C)C. The first-order valence-electron chi connectivity index (χ1n) is 3.06. The van der Waals surface area contributed by atoms with Crippen molar-refractivity contribution < 1.29 is 9.53 Å². The van der Waals surface area contributed by atoms with Crippen molar-refractivity contribution in [2.24, 2.45) is 0 Å². The van der Waals surface area contributed by atoms with Crippen LogP contribution in [0.15, 0.2) is 12.8 Å². The molecule has 0 unspecified atom stereocenters. The largest absolute Gasteiger partial charge is 0.444 e. The van der Waals surface area contributed by atoms with E-state index in [9.17, 15) is 4.79 Å². The predicted molar refractivity (Wildman–Crippen MR) is 39.6 cm³/mol. The second-order valence-electron chi connectivity index (χ2n) is 2.85. The lowest BCUT2D eigenvalue weighted by Gasteiger charge is -2.18. The Balaban J connectivity index is 3.68. The van der Waals surface area contributed by atoms with Crippen molar-refractivity contribution in [1.82, 2.24) is 5.32 Å². The summed E-state index contributed by atoms with van der Waals surface area (Å²) in [6.45, 7) is 8.72. The summed E-state index contributed by atoms with van der Waals surface area (Å²) in [5, 5.41) is 2.30. The van der Waals surface area contributed by atoms with Crippen LogP contribution < -0.4 is 5.32 Å². The van der Waals surface area contributed by atoms with Gasteiger partial charge in [-0.1, -0.05) is 6.58 Å². The summed E-state index contributed by atoms with van der Waals surface area (Å²) in [6, 6.07) is 0. The van der Waals surface area contributed by atoms with Gasteiger partial charge in [0.2, 0.25) is 0 Å². The van der Waals surface area contributed by atoms with Gasteiger partial charge in [0.25, 0.3) is 0 Å². The molecule has 0 saturated heterocycles. The minimum Gasteiger partial charge on any atom is -0.444 e. The van der Waals surface area contributed by atoms with Crippen LogP contribution in [0.25, 0.3) is 0 Å². The van der Waals surface area contributed by atoms with Crippen LogP contribution in [0.4, 0.5) is 4.79 Å². The first-order valence-corrected chi connectivity index (χ1v) is 3.06. The Morgan fingerprint density at radius 1 is 1.60 bits per heavy atom. The lowest BCUT2D eigenvalue weighted by molar-refractivity contribution is 0.0552. The maximum Gasteiger partial charge on any atom is 0.411 e. The fraction of sp³-hybridized carbons (Fsp3) is 0.571. The number of hydrogen-bond acceptors (Lipinski definition) is 2. The van der Waals surface area contributed by atoms with Crippen molar-refractivity contribution in [1.29, 1.82) is 0 Å². The molecule has 3 nitrogen and oxygen atoms in total. The van der Waals surface area contributed by atoms with Crippen LogP contribution in [0, 0.1) is 0 Å². The van der Waals surface area contributed by atoms with E-state index in [1.165, 1.54) is 6.20 Å². The molecule has 0 aromatic carbocycles. The Kier molecular flexibility index (Phi) is 2.93. The third-order valence-electron chi connectivity index (χ3n) is 0.619. The molecule has 0 bridgehead atoms. The summed E-state index contributed by atoms with van der Waals surface area (Å²) in [5.74, 6) is 0. The normalized spacial score (nSPS) is 10.3. The number of amides is 1. The maximum atomic E-state index is 10.7. The van der Waals surface area contributed by atoms with E-state index in [2.05, 4.69) is 11.9 Å². The van der Waals surface area contributed by atoms with E-state index < -0.39 is 11.7 Å². The molecule has 0 saturated carbocycles. The van der Waals surface area contributed by atoms with Crippen molar-refractivity contribution in [3.63, 3.8) is 0 Å². The summed E-state index contributed by atoms with van der Waals surface area (Å²) in [6.07, 6.45) is 0.816. The highest BCUT2D eigenvalue weighted by Crippen LogP contribution is 2.05. The van der Waals surface area contributed by atoms with Gasteiger partial charge >= 0.3 is 6.09 Å². The van der Waals surface area contributed by atoms with E-state index >= 15 is 0 Å². The first-order chi connectivity index (χ1) is 4.45. The molecule has 1 amide bonds. The lowest BCUT2D eigenvalue weighted by Crippen LogP contribution is -2.29. The molecule has 0 atom stereocenters. The van der Waals surface area contributed by atoms with Crippen molar-refractivity contribution in [3.8, 4) is 0 Å². The van der Waals surface area contributed by atoms with Gasteiger partial charge in [0, 0.05) is 0 Å². The maximum absolute atomic E-state index is 10.7. The van der Waals surface area contributed by atoms with Crippen molar-refractivity contribution in [2.75, 3.05) is 0 Å². The Bertz CT molecular complexity index is 135. The number of ether oxygens (including phenoxy) is 1. The molecule has 0 rings (SSSR count). The first kappa shape index (κ1) is 9.01. The Morgan fingerprint density at radius 2 is 2.10 bits per heavy atom. The van der Waals surface area contributed by atoms with Crippen molar-refractivity contribution >= 4 is 6.09 Å². The molecule has 58 valence electrons. The average Bonchev–Trinajstić information content (AvgIpc) is 1.59. The molecule has 10 heavy (non-hydrogen) atoms. The van der Waals surface area contributed by atoms with Crippen LogP contribution in [0.1, 0.15) is 20.8 Å². The molecule has 0 heterocycles. The third kappa shape index (κ3) is 5.15. The molecule has 0 fully saturated rings. The quantitative estimate of drug-likeness (QED) is 0.606. The molecular formula is C7H13NO2. The molecule has 0 spiro atoms. The van der Waals surface area contributed by atoms with E-state index in [0.29, 0.717) is 0 Å². The number of nitrogens with one attached hydrogen (secondary N) is 1. The number of carbonyl (C=O) groups excluding carboxylic acids is 1. The molecule has 0 aromatic heterocycles. The number of carbonyl (C=O) groups is 1. The predicted octanol–water partition coefficient (Wildman–Crippen LogP) is 1.65. The lowest BCUT2D eigenvalue weighted by atomic mass is 10.2. The van der Waals surface area contributed by atoms with Gasteiger partial charge in [-0.05, 0) is 27.0 Å². The van der Waals surface area contributed by atoms with Crippen molar-refractivity contribution in [3.05, 3.63) is 12.8 Å². The molecule has 3 heteroatoms. The highest BCUT2D eigenvalue weighted by atomic mass is 16.6. The Hall–Kier alpha value is -0.990. The summed E-state index contributed by atoms with van der Waals surface area (Å²) < 4.78 is 4.86. The molecule has 0 aliphatic carbocycles. The van der Waals surface area contributed by atoms with Crippen LogP contribution in [-0.4, -0.2) is 11.7 Å². The minimum atomic E-state index is -0.470. The van der Waals surface area contributed by atoms with Gasteiger partial charge in [0.05, 0.1) is 0 Å². The average molecular weight is 143 g/mol. The zero-order valence-electron chi connectivity index (χ0n) is 6.60. The van der Waals surface area contributed by atoms with E-state index in [-0.39, 0.29) is 0 Å². The molecule has 0 aromatic rings. The van der Waals surface area contributed by atoms with Crippen LogP contribution in [-0.2, 0) is 4.74 Å². The highest BCUT2D eigenvalue weighted by molar-refractivity contribution is 5.68. The Labute approximate surface area is 61.1 Å². The number of hydrogen-bond donors (Lipinski definition) is 1. The fourth-order valence-corrected chi connectivity index (χ4v) is 0.391. The fourth-order valence-electron chi connectivity index (χ4n) is 0.391. The van der Waals surface area contributed by atoms with Gasteiger partial charge in [-0.2, -0.15) is 0 Å². The molecular weight excluding hydrogens is 130 g/mol. The smallest absolute Gasteiger partial charge is 0.411 e. The standard InChI is InChI=1S/C7H13NO2/c1-5-8-6(9)10-7(2,3)4/h5H,1H2,2-4H3,(H,8,9). The Morgan fingerprint density at radius 3 is 2.40 bits per heavy atom. The van der Waals surface area contributed by atoms with Crippen LogP contribution in [0.2, 0.25) is 0 Å². The zero-order chi connectivity index (χ0) is 8.20. The second-order valence-corrected chi connectivity index (χ2v) is 2.85. The molecule has 0 aliphatic heterocycles. The minimum absolute atomic E-state index is 0.437. The van der Waals surface area contributed by atoms with E-state index in [4.69, 9.17) is 4.74 Å². The summed E-state index contributed by atoms with van der Waals surface area (Å²) in [7, 11) is 0. The van der Waals surface area contributed by atoms with Crippen LogP contribution in [0.5, 0.6) is 0 Å². The highest BCUT2D eigenvalue weighted by Gasteiger charge is 2.14. The van der Waals surface area contributed by atoms with E-state index in [1.54, 1.807) is 20.8 Å². The molecule has 0 radical (unpaired) electrons.